The van der Waals surface area contributed by atoms with E-state index in [9.17, 15) is 5.26 Å². The zero-order valence-electron chi connectivity index (χ0n) is 13.5. The molecule has 2 heterocycles. The molecule has 0 N–H and O–H groups in total. The molecule has 0 saturated carbocycles. The van der Waals surface area contributed by atoms with Crippen molar-refractivity contribution in [2.24, 2.45) is 0 Å². The topological polar surface area (TPSA) is 65.5 Å². The molecule has 0 amide bonds. The van der Waals surface area contributed by atoms with Gasteiger partial charge in [0.05, 0.1) is 0 Å². The highest BCUT2D eigenvalue weighted by Crippen LogP contribution is 2.24. The summed E-state index contributed by atoms with van der Waals surface area (Å²) in [4.78, 5) is 8.71. The Kier molecular flexibility index (Phi) is 5.38. The van der Waals surface area contributed by atoms with E-state index in [0.29, 0.717) is 17.5 Å². The number of hydrogen-bond donors (Lipinski definition) is 0. The number of nitrogens with zero attached hydrogens (tertiary/aromatic N) is 4. The molecule has 0 aliphatic carbocycles. The quantitative estimate of drug-likeness (QED) is 0.781. The van der Waals surface area contributed by atoms with Gasteiger partial charge in [0.25, 0.3) is 0 Å². The largest absolute Gasteiger partial charge is 0.484 e. The molecule has 0 unspecified atom stereocenters. The molecule has 126 valence electrons. The van der Waals surface area contributed by atoms with Gasteiger partial charge in [0, 0.05) is 30.7 Å². The first-order valence-corrected chi connectivity index (χ1v) is 8.74. The number of anilines is 1. The maximum atomic E-state index is 9.32. The fourth-order valence-electron chi connectivity index (χ4n) is 2.65. The van der Waals surface area contributed by atoms with Gasteiger partial charge in [-0.3, -0.25) is 0 Å². The van der Waals surface area contributed by atoms with E-state index < -0.39 is 0 Å². The minimum atomic E-state index is 0.200. The Hall–Kier alpha value is -2.04. The van der Waals surface area contributed by atoms with E-state index in [0.717, 1.165) is 42.9 Å². The van der Waals surface area contributed by atoms with Gasteiger partial charge in [0.1, 0.15) is 11.8 Å². The van der Waals surface area contributed by atoms with Crippen molar-refractivity contribution in [3.8, 4) is 11.8 Å². The standard InChI is InChI=1S/C17H19BrN4O2/c1-2-21-7-9-22(10-8-21)17-15(11-19)20-16(24-17)12-23-14-5-3-13(18)4-6-14/h3-6H,2,7-10,12H2,1H3. The number of benzene rings is 1. The molecule has 7 heteroatoms. The average Bonchev–Trinajstić information content (AvgIpc) is 3.04. The fraction of sp³-hybridized carbons (Fsp3) is 0.412. The normalized spacial score (nSPS) is 15.3. The summed E-state index contributed by atoms with van der Waals surface area (Å²) in [6.07, 6.45) is 0. The fourth-order valence-corrected chi connectivity index (χ4v) is 2.91. The van der Waals surface area contributed by atoms with Gasteiger partial charge in [-0.05, 0) is 30.8 Å². The molecule has 1 aromatic heterocycles. The lowest BCUT2D eigenvalue weighted by Crippen LogP contribution is -2.46. The molecule has 0 atom stereocenters. The first kappa shape index (κ1) is 16.8. The maximum Gasteiger partial charge on any atom is 0.236 e. The van der Waals surface area contributed by atoms with Gasteiger partial charge in [0.2, 0.25) is 17.5 Å². The van der Waals surface area contributed by atoms with Crippen LogP contribution in [0, 0.1) is 11.3 Å². The summed E-state index contributed by atoms with van der Waals surface area (Å²) in [6, 6.07) is 9.66. The van der Waals surface area contributed by atoms with Crippen molar-refractivity contribution in [1.82, 2.24) is 9.88 Å². The third-order valence-corrected chi connectivity index (χ3v) is 4.57. The molecular formula is C17H19BrN4O2. The third kappa shape index (κ3) is 3.89. The minimum Gasteiger partial charge on any atom is -0.484 e. The lowest BCUT2D eigenvalue weighted by Gasteiger charge is -2.33. The molecule has 0 spiro atoms. The summed E-state index contributed by atoms with van der Waals surface area (Å²) >= 11 is 3.39. The number of aromatic nitrogens is 1. The zero-order chi connectivity index (χ0) is 16.9. The van der Waals surface area contributed by atoms with Crippen LogP contribution in [0.2, 0.25) is 0 Å². The highest BCUT2D eigenvalue weighted by atomic mass is 79.9. The number of oxazole rings is 1. The maximum absolute atomic E-state index is 9.32. The number of ether oxygens (including phenoxy) is 1. The van der Waals surface area contributed by atoms with Crippen molar-refractivity contribution in [3.63, 3.8) is 0 Å². The first-order chi connectivity index (χ1) is 11.7. The molecule has 2 aromatic rings. The number of hydrogen-bond acceptors (Lipinski definition) is 6. The highest BCUT2D eigenvalue weighted by molar-refractivity contribution is 9.10. The Morgan fingerprint density at radius 2 is 1.96 bits per heavy atom. The third-order valence-electron chi connectivity index (χ3n) is 4.04. The Labute approximate surface area is 149 Å². The number of nitriles is 1. The summed E-state index contributed by atoms with van der Waals surface area (Å²) in [5.41, 5.74) is 0.328. The van der Waals surface area contributed by atoms with E-state index in [2.05, 4.69) is 43.7 Å². The van der Waals surface area contributed by atoms with Crippen LogP contribution in [0.25, 0.3) is 0 Å². The van der Waals surface area contributed by atoms with Crippen LogP contribution in [0.1, 0.15) is 18.5 Å². The predicted octanol–water partition coefficient (Wildman–Crippen LogP) is 3.03. The Morgan fingerprint density at radius 1 is 1.25 bits per heavy atom. The van der Waals surface area contributed by atoms with Crippen molar-refractivity contribution in [2.45, 2.75) is 13.5 Å². The molecule has 1 fully saturated rings. The Bertz CT molecular complexity index is 715. The first-order valence-electron chi connectivity index (χ1n) is 7.95. The van der Waals surface area contributed by atoms with E-state index in [1.807, 2.05) is 24.3 Å². The second kappa shape index (κ2) is 7.69. The second-order valence-corrected chi connectivity index (χ2v) is 6.45. The van der Waals surface area contributed by atoms with Crippen LogP contribution in [0.3, 0.4) is 0 Å². The minimum absolute atomic E-state index is 0.200. The monoisotopic (exact) mass is 390 g/mol. The molecule has 24 heavy (non-hydrogen) atoms. The van der Waals surface area contributed by atoms with Gasteiger partial charge in [-0.2, -0.15) is 10.2 Å². The smallest absolute Gasteiger partial charge is 0.236 e. The van der Waals surface area contributed by atoms with Gasteiger partial charge in [-0.25, -0.2) is 0 Å². The van der Waals surface area contributed by atoms with Crippen LogP contribution in [0.5, 0.6) is 5.75 Å². The second-order valence-electron chi connectivity index (χ2n) is 5.54. The summed E-state index contributed by atoms with van der Waals surface area (Å²) in [6.45, 7) is 7.00. The predicted molar refractivity (Wildman–Crippen MR) is 94.0 cm³/mol. The van der Waals surface area contributed by atoms with Gasteiger partial charge in [0.15, 0.2) is 6.61 Å². The van der Waals surface area contributed by atoms with E-state index >= 15 is 0 Å². The molecule has 1 saturated heterocycles. The van der Waals surface area contributed by atoms with Crippen LogP contribution in [-0.4, -0.2) is 42.6 Å². The van der Waals surface area contributed by atoms with Crippen LogP contribution in [-0.2, 0) is 6.61 Å². The van der Waals surface area contributed by atoms with Gasteiger partial charge in [-0.1, -0.05) is 22.9 Å². The van der Waals surface area contributed by atoms with Crippen molar-refractivity contribution >= 4 is 21.8 Å². The molecule has 0 bridgehead atoms. The van der Waals surface area contributed by atoms with Crippen LogP contribution in [0.4, 0.5) is 5.88 Å². The molecular weight excluding hydrogens is 372 g/mol. The molecule has 1 aliphatic heterocycles. The molecule has 1 aromatic carbocycles. The number of rotatable bonds is 5. The van der Waals surface area contributed by atoms with Gasteiger partial charge < -0.3 is 19.0 Å². The molecule has 0 radical (unpaired) electrons. The lowest BCUT2D eigenvalue weighted by molar-refractivity contribution is 0.252. The number of piperazine rings is 1. The van der Waals surface area contributed by atoms with E-state index in [1.165, 1.54) is 0 Å². The van der Waals surface area contributed by atoms with Crippen molar-refractivity contribution < 1.29 is 9.15 Å². The lowest BCUT2D eigenvalue weighted by atomic mass is 10.3. The molecule has 3 rings (SSSR count). The molecule has 6 nitrogen and oxygen atoms in total. The summed E-state index contributed by atoms with van der Waals surface area (Å²) in [7, 11) is 0. The number of likely N-dealkylation sites (N-methyl/N-ethyl adjacent to an activating group) is 1. The average molecular weight is 391 g/mol. The van der Waals surface area contributed by atoms with Crippen molar-refractivity contribution in [2.75, 3.05) is 37.6 Å². The SMILES string of the molecule is CCN1CCN(c2oc(COc3ccc(Br)cc3)nc2C#N)CC1. The summed E-state index contributed by atoms with van der Waals surface area (Å²) in [5, 5.41) is 9.32. The Morgan fingerprint density at radius 3 is 2.58 bits per heavy atom. The van der Waals surface area contributed by atoms with E-state index in [-0.39, 0.29) is 6.61 Å². The summed E-state index contributed by atoms with van der Waals surface area (Å²) in [5.74, 6) is 1.71. The van der Waals surface area contributed by atoms with Crippen LogP contribution < -0.4 is 9.64 Å². The molecule has 1 aliphatic rings. The summed E-state index contributed by atoms with van der Waals surface area (Å²) < 4.78 is 12.5. The van der Waals surface area contributed by atoms with Gasteiger partial charge >= 0.3 is 0 Å². The van der Waals surface area contributed by atoms with E-state index in [4.69, 9.17) is 9.15 Å². The van der Waals surface area contributed by atoms with Crippen LogP contribution in [0.15, 0.2) is 33.2 Å². The van der Waals surface area contributed by atoms with Crippen molar-refractivity contribution in [3.05, 3.63) is 40.3 Å². The Balaban J connectivity index is 1.66. The van der Waals surface area contributed by atoms with E-state index in [1.54, 1.807) is 0 Å². The van der Waals surface area contributed by atoms with Crippen molar-refractivity contribution in [1.29, 1.82) is 5.26 Å². The van der Waals surface area contributed by atoms with Gasteiger partial charge in [-0.15, -0.1) is 0 Å². The van der Waals surface area contributed by atoms with Crippen LogP contribution >= 0.6 is 15.9 Å². The highest BCUT2D eigenvalue weighted by Gasteiger charge is 2.23. The number of halogens is 1. The zero-order valence-corrected chi connectivity index (χ0v) is 15.1.